The highest BCUT2D eigenvalue weighted by atomic mass is 79.9. The second-order valence-corrected chi connectivity index (χ2v) is 10.3. The van der Waals surface area contributed by atoms with Crippen LogP contribution in [0.3, 0.4) is 0 Å². The molecule has 0 heterocycles. The molecular formula is C24H28BrClN2O2S. The third kappa shape index (κ3) is 7.55. The molecule has 166 valence electrons. The van der Waals surface area contributed by atoms with E-state index in [2.05, 4.69) is 21.2 Å². The van der Waals surface area contributed by atoms with Crippen molar-refractivity contribution >= 4 is 51.1 Å². The largest absolute Gasteiger partial charge is 0.352 e. The predicted molar refractivity (Wildman–Crippen MR) is 132 cm³/mol. The lowest BCUT2D eigenvalue weighted by molar-refractivity contribution is -0.138. The van der Waals surface area contributed by atoms with Gasteiger partial charge in [0.25, 0.3) is 0 Å². The number of hydrogen-bond acceptors (Lipinski definition) is 3. The Morgan fingerprint density at radius 3 is 2.35 bits per heavy atom. The molecule has 4 nitrogen and oxygen atoms in total. The Kier molecular flexibility index (Phi) is 9.30. The van der Waals surface area contributed by atoms with E-state index in [1.165, 1.54) is 0 Å². The van der Waals surface area contributed by atoms with E-state index < -0.39 is 6.04 Å². The second kappa shape index (κ2) is 11.9. The molecule has 7 heteroatoms. The molecule has 1 fully saturated rings. The number of rotatable bonds is 9. The maximum absolute atomic E-state index is 13.1. The number of hydrogen-bond donors (Lipinski definition) is 1. The summed E-state index contributed by atoms with van der Waals surface area (Å²) in [5, 5.41) is 3.78. The van der Waals surface area contributed by atoms with Crippen molar-refractivity contribution in [1.29, 1.82) is 0 Å². The average Bonchev–Trinajstić information content (AvgIpc) is 3.27. The summed E-state index contributed by atoms with van der Waals surface area (Å²) in [6.07, 6.45) is 4.35. The lowest BCUT2D eigenvalue weighted by Gasteiger charge is -2.29. The van der Waals surface area contributed by atoms with Crippen molar-refractivity contribution < 1.29 is 9.59 Å². The molecule has 1 unspecified atom stereocenters. The fourth-order valence-electron chi connectivity index (χ4n) is 3.68. The Hall–Kier alpha value is -1.50. The molecule has 0 radical (unpaired) electrons. The molecule has 1 aliphatic rings. The molecule has 2 aromatic rings. The zero-order valence-electron chi connectivity index (χ0n) is 17.7. The van der Waals surface area contributed by atoms with Gasteiger partial charge in [-0.3, -0.25) is 9.59 Å². The van der Waals surface area contributed by atoms with Gasteiger partial charge in [-0.05, 0) is 55.2 Å². The van der Waals surface area contributed by atoms with Gasteiger partial charge in [-0.25, -0.2) is 0 Å². The Morgan fingerprint density at radius 2 is 1.71 bits per heavy atom. The van der Waals surface area contributed by atoms with Crippen molar-refractivity contribution in [2.24, 2.45) is 0 Å². The van der Waals surface area contributed by atoms with Gasteiger partial charge in [0.1, 0.15) is 6.04 Å². The van der Waals surface area contributed by atoms with Crippen LogP contribution in [0.25, 0.3) is 0 Å². The predicted octanol–water partition coefficient (Wildman–Crippen LogP) is 5.81. The van der Waals surface area contributed by atoms with Gasteiger partial charge in [-0.1, -0.05) is 64.6 Å². The molecular weight excluding hydrogens is 496 g/mol. The molecule has 0 bridgehead atoms. The van der Waals surface area contributed by atoms with Gasteiger partial charge < -0.3 is 10.2 Å². The number of nitrogens with zero attached hydrogens (tertiary/aromatic N) is 1. The van der Waals surface area contributed by atoms with E-state index in [0.717, 1.165) is 47.0 Å². The molecule has 1 aliphatic carbocycles. The number of nitrogens with one attached hydrogen (secondary N) is 1. The summed E-state index contributed by atoms with van der Waals surface area (Å²) in [4.78, 5) is 27.7. The van der Waals surface area contributed by atoms with Crippen LogP contribution in [0.15, 0.2) is 53.0 Å². The summed E-state index contributed by atoms with van der Waals surface area (Å²) in [7, 11) is 0. The van der Waals surface area contributed by atoms with Crippen LogP contribution in [0.2, 0.25) is 5.02 Å². The molecule has 3 rings (SSSR count). The monoisotopic (exact) mass is 522 g/mol. The van der Waals surface area contributed by atoms with E-state index in [9.17, 15) is 9.59 Å². The van der Waals surface area contributed by atoms with Gasteiger partial charge in [-0.2, -0.15) is 0 Å². The number of carbonyl (C=O) groups is 2. The highest BCUT2D eigenvalue weighted by Gasteiger charge is 2.28. The molecule has 0 spiro atoms. The molecule has 1 N–H and O–H groups in total. The molecule has 2 amide bonds. The SMILES string of the molecule is CC(C(=O)NC1CCCC1)N(Cc1ccc(Cl)cc1)C(=O)CSCc1ccc(Br)cc1. The highest BCUT2D eigenvalue weighted by Crippen LogP contribution is 2.20. The fraction of sp³-hybridized carbons (Fsp3) is 0.417. The Balaban J connectivity index is 1.64. The van der Waals surface area contributed by atoms with Gasteiger partial charge in [0.2, 0.25) is 11.8 Å². The van der Waals surface area contributed by atoms with E-state index in [4.69, 9.17) is 11.6 Å². The molecule has 0 saturated heterocycles. The fourth-order valence-corrected chi connectivity index (χ4v) is 4.94. The third-order valence-electron chi connectivity index (χ3n) is 5.54. The van der Waals surface area contributed by atoms with Crippen LogP contribution in [-0.2, 0) is 21.9 Å². The Bertz CT molecular complexity index is 870. The van der Waals surface area contributed by atoms with Crippen LogP contribution in [-0.4, -0.2) is 34.6 Å². The summed E-state index contributed by atoms with van der Waals surface area (Å²) < 4.78 is 1.04. The molecule has 0 aromatic heterocycles. The van der Waals surface area contributed by atoms with E-state index >= 15 is 0 Å². The maximum atomic E-state index is 13.1. The highest BCUT2D eigenvalue weighted by molar-refractivity contribution is 9.10. The van der Waals surface area contributed by atoms with Crippen molar-refractivity contribution in [2.45, 2.75) is 57.0 Å². The van der Waals surface area contributed by atoms with Crippen LogP contribution in [0.4, 0.5) is 0 Å². The molecule has 0 aliphatic heterocycles. The first-order valence-corrected chi connectivity index (χ1v) is 12.9. The summed E-state index contributed by atoms with van der Waals surface area (Å²) in [5.74, 6) is 0.958. The first-order valence-electron chi connectivity index (χ1n) is 10.6. The van der Waals surface area contributed by atoms with E-state index in [1.54, 1.807) is 16.7 Å². The van der Waals surface area contributed by atoms with Gasteiger partial charge in [-0.15, -0.1) is 11.8 Å². The van der Waals surface area contributed by atoms with Gasteiger partial charge in [0.05, 0.1) is 5.75 Å². The zero-order valence-corrected chi connectivity index (χ0v) is 20.8. The number of thioether (sulfide) groups is 1. The first kappa shape index (κ1) is 24.1. The number of amides is 2. The van der Waals surface area contributed by atoms with Crippen LogP contribution in [0.1, 0.15) is 43.7 Å². The lowest BCUT2D eigenvalue weighted by atomic mass is 10.1. The minimum absolute atomic E-state index is 0.0360. The number of benzene rings is 2. The van der Waals surface area contributed by atoms with Crippen molar-refractivity contribution in [2.75, 3.05) is 5.75 Å². The van der Waals surface area contributed by atoms with Crippen molar-refractivity contribution in [3.8, 4) is 0 Å². The van der Waals surface area contributed by atoms with Gasteiger partial charge >= 0.3 is 0 Å². The van der Waals surface area contributed by atoms with Crippen molar-refractivity contribution in [3.05, 3.63) is 69.2 Å². The van der Waals surface area contributed by atoms with E-state index in [1.807, 2.05) is 55.5 Å². The van der Waals surface area contributed by atoms with Crippen LogP contribution < -0.4 is 5.32 Å². The summed E-state index contributed by atoms with van der Waals surface area (Å²) >= 11 is 11.0. The Morgan fingerprint density at radius 1 is 1.10 bits per heavy atom. The third-order valence-corrected chi connectivity index (χ3v) is 7.31. The summed E-state index contributed by atoms with van der Waals surface area (Å²) in [6.45, 7) is 2.20. The average molecular weight is 524 g/mol. The van der Waals surface area contributed by atoms with Crippen molar-refractivity contribution in [3.63, 3.8) is 0 Å². The van der Waals surface area contributed by atoms with Crippen molar-refractivity contribution in [1.82, 2.24) is 10.2 Å². The smallest absolute Gasteiger partial charge is 0.242 e. The first-order chi connectivity index (χ1) is 14.9. The standard InChI is InChI=1S/C24H28BrClN2O2S/c1-17(24(30)27-22-4-2-3-5-22)28(14-18-8-12-21(26)13-9-18)23(29)16-31-15-19-6-10-20(25)11-7-19/h6-13,17,22H,2-5,14-16H2,1H3,(H,27,30). The topological polar surface area (TPSA) is 49.4 Å². The Labute approximate surface area is 202 Å². The quantitative estimate of drug-likeness (QED) is 0.451. The zero-order chi connectivity index (χ0) is 22.2. The maximum Gasteiger partial charge on any atom is 0.242 e. The minimum Gasteiger partial charge on any atom is -0.352 e. The van der Waals surface area contributed by atoms with Gasteiger partial charge in [0.15, 0.2) is 0 Å². The van der Waals surface area contributed by atoms with Crippen LogP contribution >= 0.6 is 39.3 Å². The van der Waals surface area contributed by atoms with E-state index in [-0.39, 0.29) is 17.9 Å². The second-order valence-electron chi connectivity index (χ2n) is 7.93. The lowest BCUT2D eigenvalue weighted by Crippen LogP contribution is -2.50. The molecule has 2 aromatic carbocycles. The summed E-state index contributed by atoms with van der Waals surface area (Å²) in [5.41, 5.74) is 2.12. The number of carbonyl (C=O) groups excluding carboxylic acids is 2. The molecule has 1 atom stereocenters. The van der Waals surface area contributed by atoms with Gasteiger partial charge in [0, 0.05) is 27.8 Å². The molecule has 1 saturated carbocycles. The minimum atomic E-state index is -0.531. The van der Waals surface area contributed by atoms with Crippen LogP contribution in [0, 0.1) is 0 Å². The van der Waals surface area contributed by atoms with Crippen LogP contribution in [0.5, 0.6) is 0 Å². The summed E-state index contributed by atoms with van der Waals surface area (Å²) in [6, 6.07) is 15.2. The number of halogens is 2. The molecule has 31 heavy (non-hydrogen) atoms. The normalized spacial score (nSPS) is 14.9. The van der Waals surface area contributed by atoms with E-state index in [0.29, 0.717) is 17.3 Å².